The van der Waals surface area contributed by atoms with Crippen LogP contribution in [-0.4, -0.2) is 31.0 Å². The van der Waals surface area contributed by atoms with Gasteiger partial charge in [0.15, 0.2) is 0 Å². The smallest absolute Gasteiger partial charge is 0.242 e. The number of benzene rings is 2. The highest BCUT2D eigenvalue weighted by Crippen LogP contribution is 2.28. The van der Waals surface area contributed by atoms with E-state index in [1.165, 1.54) is 12.5 Å². The van der Waals surface area contributed by atoms with E-state index in [-0.39, 0.29) is 17.9 Å². The second-order valence-electron chi connectivity index (χ2n) is 6.90. The first-order valence-electron chi connectivity index (χ1n) is 9.45. The summed E-state index contributed by atoms with van der Waals surface area (Å²) >= 11 is 0. The Morgan fingerprint density at radius 3 is 2.43 bits per heavy atom. The zero-order valence-electron chi connectivity index (χ0n) is 16.9. The zero-order chi connectivity index (χ0) is 20.5. The van der Waals surface area contributed by atoms with Crippen LogP contribution in [0.1, 0.15) is 32.8 Å². The van der Waals surface area contributed by atoms with Gasteiger partial charge >= 0.3 is 0 Å². The first kappa shape index (κ1) is 21.3. The van der Waals surface area contributed by atoms with Crippen LogP contribution in [0.3, 0.4) is 0 Å². The summed E-state index contributed by atoms with van der Waals surface area (Å²) in [4.78, 5) is 23.8. The maximum Gasteiger partial charge on any atom is 0.242 e. The number of carbonyl (C=O) groups is 2. The third-order valence-corrected chi connectivity index (χ3v) is 4.38. The van der Waals surface area contributed by atoms with Crippen molar-refractivity contribution in [1.82, 2.24) is 5.32 Å². The van der Waals surface area contributed by atoms with E-state index in [9.17, 15) is 9.59 Å². The van der Waals surface area contributed by atoms with E-state index in [0.717, 1.165) is 12.8 Å². The van der Waals surface area contributed by atoms with Crippen molar-refractivity contribution in [2.24, 2.45) is 0 Å². The lowest BCUT2D eigenvalue weighted by Crippen LogP contribution is -2.42. The SMILES string of the molecule is COc1ccc(NC(C)=O)cc1N[C@H](C)C(=O)N[C@H](C)CCc1ccccc1. The summed E-state index contributed by atoms with van der Waals surface area (Å²) in [5, 5.41) is 8.94. The van der Waals surface area contributed by atoms with Crippen molar-refractivity contribution in [3.8, 4) is 5.75 Å². The second-order valence-corrected chi connectivity index (χ2v) is 6.90. The molecular weight excluding hydrogens is 354 g/mol. The summed E-state index contributed by atoms with van der Waals surface area (Å²) < 4.78 is 5.35. The molecule has 2 amide bonds. The maximum atomic E-state index is 12.5. The van der Waals surface area contributed by atoms with Crippen molar-refractivity contribution < 1.29 is 14.3 Å². The number of aryl methyl sites for hydroxylation is 1. The summed E-state index contributed by atoms with van der Waals surface area (Å²) in [5.41, 5.74) is 2.54. The lowest BCUT2D eigenvalue weighted by Gasteiger charge is -2.21. The Morgan fingerprint density at radius 1 is 1.07 bits per heavy atom. The highest BCUT2D eigenvalue weighted by atomic mass is 16.5. The Kier molecular flexibility index (Phi) is 7.87. The van der Waals surface area contributed by atoms with Crippen molar-refractivity contribution in [3.05, 3.63) is 54.1 Å². The molecule has 2 rings (SSSR count). The van der Waals surface area contributed by atoms with E-state index in [4.69, 9.17) is 4.74 Å². The fourth-order valence-corrected chi connectivity index (χ4v) is 2.87. The fraction of sp³-hybridized carbons (Fsp3) is 0.364. The number of carbonyl (C=O) groups excluding carboxylic acids is 2. The molecule has 0 heterocycles. The minimum atomic E-state index is -0.458. The largest absolute Gasteiger partial charge is 0.495 e. The normalized spacial score (nSPS) is 12.6. The molecule has 150 valence electrons. The summed E-state index contributed by atoms with van der Waals surface area (Å²) in [6.07, 6.45) is 1.78. The highest BCUT2D eigenvalue weighted by molar-refractivity contribution is 5.90. The monoisotopic (exact) mass is 383 g/mol. The van der Waals surface area contributed by atoms with Crippen LogP contribution in [0, 0.1) is 0 Å². The number of ether oxygens (including phenoxy) is 1. The second kappa shape index (κ2) is 10.3. The highest BCUT2D eigenvalue weighted by Gasteiger charge is 2.17. The zero-order valence-corrected chi connectivity index (χ0v) is 16.9. The first-order valence-corrected chi connectivity index (χ1v) is 9.45. The molecule has 6 heteroatoms. The lowest BCUT2D eigenvalue weighted by atomic mass is 10.1. The molecule has 0 saturated heterocycles. The van der Waals surface area contributed by atoms with Crippen LogP contribution in [0.25, 0.3) is 0 Å². The summed E-state index contributed by atoms with van der Waals surface area (Å²) in [6.45, 7) is 5.25. The van der Waals surface area contributed by atoms with Crippen molar-refractivity contribution in [1.29, 1.82) is 0 Å². The van der Waals surface area contributed by atoms with Gasteiger partial charge in [0.05, 0.1) is 12.8 Å². The minimum absolute atomic E-state index is 0.0598. The van der Waals surface area contributed by atoms with E-state index in [0.29, 0.717) is 17.1 Å². The van der Waals surface area contributed by atoms with Crippen LogP contribution >= 0.6 is 0 Å². The predicted octanol–water partition coefficient (Wildman–Crippen LogP) is 3.59. The van der Waals surface area contributed by atoms with Gasteiger partial charge in [0.2, 0.25) is 11.8 Å². The van der Waals surface area contributed by atoms with E-state index in [2.05, 4.69) is 28.1 Å². The number of rotatable bonds is 9. The van der Waals surface area contributed by atoms with Gasteiger partial charge in [-0.2, -0.15) is 0 Å². The average molecular weight is 383 g/mol. The molecule has 0 bridgehead atoms. The molecular formula is C22H29N3O3. The van der Waals surface area contributed by atoms with Crippen molar-refractivity contribution in [2.45, 2.75) is 45.7 Å². The maximum absolute atomic E-state index is 12.5. The van der Waals surface area contributed by atoms with Gasteiger partial charge in [0, 0.05) is 18.7 Å². The van der Waals surface area contributed by atoms with Gasteiger partial charge in [-0.3, -0.25) is 9.59 Å². The Balaban J connectivity index is 1.92. The van der Waals surface area contributed by atoms with Crippen molar-refractivity contribution in [3.63, 3.8) is 0 Å². The van der Waals surface area contributed by atoms with Gasteiger partial charge < -0.3 is 20.7 Å². The summed E-state index contributed by atoms with van der Waals surface area (Å²) in [7, 11) is 1.56. The minimum Gasteiger partial charge on any atom is -0.495 e. The van der Waals surface area contributed by atoms with Gasteiger partial charge in [-0.05, 0) is 50.5 Å². The van der Waals surface area contributed by atoms with Crippen LogP contribution in [0.4, 0.5) is 11.4 Å². The van der Waals surface area contributed by atoms with Gasteiger partial charge in [-0.1, -0.05) is 30.3 Å². The number of methoxy groups -OCH3 is 1. The Morgan fingerprint density at radius 2 is 1.79 bits per heavy atom. The Bertz CT molecular complexity index is 793. The summed E-state index contributed by atoms with van der Waals surface area (Å²) in [5.74, 6) is 0.354. The molecule has 0 fully saturated rings. The lowest BCUT2D eigenvalue weighted by molar-refractivity contribution is -0.122. The number of hydrogen-bond acceptors (Lipinski definition) is 4. The van der Waals surface area contributed by atoms with Gasteiger partial charge in [-0.25, -0.2) is 0 Å². The van der Waals surface area contributed by atoms with Gasteiger partial charge in [-0.15, -0.1) is 0 Å². The molecule has 2 atom stereocenters. The quantitative estimate of drug-likeness (QED) is 0.618. The van der Waals surface area contributed by atoms with Crippen LogP contribution in [0.5, 0.6) is 5.75 Å². The molecule has 2 aromatic carbocycles. The van der Waals surface area contributed by atoms with Crippen LogP contribution in [-0.2, 0) is 16.0 Å². The van der Waals surface area contributed by atoms with Crippen molar-refractivity contribution >= 4 is 23.2 Å². The molecule has 3 N–H and O–H groups in total. The van der Waals surface area contributed by atoms with Crippen LogP contribution < -0.4 is 20.7 Å². The number of amides is 2. The third-order valence-electron chi connectivity index (χ3n) is 4.38. The Labute approximate surface area is 166 Å². The molecule has 0 aliphatic carbocycles. The van der Waals surface area contributed by atoms with Gasteiger partial charge in [0.1, 0.15) is 11.8 Å². The van der Waals surface area contributed by atoms with E-state index < -0.39 is 6.04 Å². The number of anilines is 2. The Hall–Kier alpha value is -3.02. The van der Waals surface area contributed by atoms with E-state index in [1.54, 1.807) is 32.2 Å². The molecule has 0 aliphatic rings. The number of hydrogen-bond donors (Lipinski definition) is 3. The summed E-state index contributed by atoms with van der Waals surface area (Å²) in [6, 6.07) is 15.1. The predicted molar refractivity (Wildman–Crippen MR) is 113 cm³/mol. The molecule has 28 heavy (non-hydrogen) atoms. The fourth-order valence-electron chi connectivity index (χ4n) is 2.87. The molecule has 0 spiro atoms. The molecule has 0 aromatic heterocycles. The molecule has 0 radical (unpaired) electrons. The van der Waals surface area contributed by atoms with Gasteiger partial charge in [0.25, 0.3) is 0 Å². The third kappa shape index (κ3) is 6.61. The molecule has 0 saturated carbocycles. The molecule has 6 nitrogen and oxygen atoms in total. The van der Waals surface area contributed by atoms with E-state index in [1.807, 2.05) is 25.1 Å². The van der Waals surface area contributed by atoms with Crippen LogP contribution in [0.2, 0.25) is 0 Å². The molecule has 0 unspecified atom stereocenters. The van der Waals surface area contributed by atoms with E-state index >= 15 is 0 Å². The van der Waals surface area contributed by atoms with Crippen LogP contribution in [0.15, 0.2) is 48.5 Å². The number of nitrogens with one attached hydrogen (secondary N) is 3. The molecule has 0 aliphatic heterocycles. The molecule has 2 aromatic rings. The van der Waals surface area contributed by atoms with Crippen molar-refractivity contribution in [2.75, 3.05) is 17.7 Å². The standard InChI is InChI=1S/C22H29N3O3/c1-15(10-11-18-8-6-5-7-9-18)23-22(27)16(2)24-20-14-19(25-17(3)26)12-13-21(20)28-4/h5-9,12-16,24H,10-11H2,1-4H3,(H,23,27)(H,25,26)/t15-,16-/m1/s1. The average Bonchev–Trinajstić information content (AvgIpc) is 2.67. The first-order chi connectivity index (χ1) is 13.4. The topological polar surface area (TPSA) is 79.5 Å².